The van der Waals surface area contributed by atoms with Gasteiger partial charge in [-0.1, -0.05) is 45.2 Å². The van der Waals surface area contributed by atoms with Crippen LogP contribution in [0.4, 0.5) is 0 Å². The lowest BCUT2D eigenvalue weighted by molar-refractivity contribution is 0.275. The van der Waals surface area contributed by atoms with Gasteiger partial charge < -0.3 is 5.11 Å². The van der Waals surface area contributed by atoms with E-state index < -0.39 is 0 Å². The summed E-state index contributed by atoms with van der Waals surface area (Å²) in [4.78, 5) is 0. The van der Waals surface area contributed by atoms with Gasteiger partial charge in [-0.2, -0.15) is 0 Å². The van der Waals surface area contributed by atoms with Crippen molar-refractivity contribution in [2.24, 2.45) is 5.92 Å². The van der Waals surface area contributed by atoms with Crippen LogP contribution in [0.25, 0.3) is 0 Å². The summed E-state index contributed by atoms with van der Waals surface area (Å²) in [5, 5.41) is 17.5. The van der Waals surface area contributed by atoms with Crippen LogP contribution >= 0.6 is 0 Å². The van der Waals surface area contributed by atoms with Crippen LogP contribution in [0, 0.1) is 5.92 Å². The van der Waals surface area contributed by atoms with Crippen molar-refractivity contribution in [3.63, 3.8) is 0 Å². The third-order valence-corrected chi connectivity index (χ3v) is 3.25. The normalized spacial score (nSPS) is 11.4. The van der Waals surface area contributed by atoms with Gasteiger partial charge in [0.15, 0.2) is 0 Å². The van der Waals surface area contributed by atoms with Crippen molar-refractivity contribution < 1.29 is 5.11 Å². The smallest absolute Gasteiger partial charge is 0.111 e. The molecule has 0 bridgehead atoms. The van der Waals surface area contributed by atoms with Crippen LogP contribution in [0.3, 0.4) is 0 Å². The van der Waals surface area contributed by atoms with Crippen LogP contribution in [0.15, 0.2) is 0 Å². The van der Waals surface area contributed by atoms with E-state index in [0.29, 0.717) is 5.92 Å². The quantitative estimate of drug-likeness (QED) is 0.688. The fraction of sp³-hybridized carbons (Fsp3) is 0.857. The number of aryl methyl sites for hydroxylation is 1. The minimum atomic E-state index is 0.00237. The predicted octanol–water partition coefficient (Wildman–Crippen LogP) is 2.94. The molecule has 0 aliphatic carbocycles. The molecule has 4 nitrogen and oxygen atoms in total. The van der Waals surface area contributed by atoms with Gasteiger partial charge in [0.25, 0.3) is 0 Å². The molecule has 0 aromatic carbocycles. The van der Waals surface area contributed by atoms with Gasteiger partial charge in [-0.15, -0.1) is 5.10 Å². The first-order valence-corrected chi connectivity index (χ1v) is 7.21. The number of hydrogen-bond acceptors (Lipinski definition) is 3. The van der Waals surface area contributed by atoms with Crippen molar-refractivity contribution in [2.45, 2.75) is 72.4 Å². The number of aromatic nitrogens is 3. The number of nitrogens with zero attached hydrogens (tertiary/aromatic N) is 3. The van der Waals surface area contributed by atoms with Crippen LogP contribution < -0.4 is 0 Å². The molecule has 18 heavy (non-hydrogen) atoms. The molecule has 0 radical (unpaired) electrons. The molecule has 4 heteroatoms. The van der Waals surface area contributed by atoms with Gasteiger partial charge in [-0.3, -0.25) is 0 Å². The van der Waals surface area contributed by atoms with Gasteiger partial charge in [0, 0.05) is 6.54 Å². The Bertz CT molecular complexity index is 334. The van der Waals surface area contributed by atoms with Gasteiger partial charge in [0.2, 0.25) is 0 Å². The fourth-order valence-corrected chi connectivity index (χ4v) is 2.06. The summed E-state index contributed by atoms with van der Waals surface area (Å²) >= 11 is 0. The number of hydrogen-bond donors (Lipinski definition) is 1. The third-order valence-electron chi connectivity index (χ3n) is 3.25. The number of rotatable bonds is 9. The number of unbranched alkanes of at least 4 members (excludes halogenated alkanes) is 3. The van der Waals surface area contributed by atoms with Gasteiger partial charge in [-0.25, -0.2) is 4.68 Å². The van der Waals surface area contributed by atoms with E-state index in [0.717, 1.165) is 37.2 Å². The van der Waals surface area contributed by atoms with Crippen molar-refractivity contribution in [1.82, 2.24) is 15.0 Å². The van der Waals surface area contributed by atoms with E-state index in [9.17, 15) is 5.11 Å². The van der Waals surface area contributed by atoms with Crippen molar-refractivity contribution in [1.29, 1.82) is 0 Å². The summed E-state index contributed by atoms with van der Waals surface area (Å²) in [6.07, 6.45) is 7.01. The molecule has 1 aromatic rings. The minimum absolute atomic E-state index is 0.00237. The maximum Gasteiger partial charge on any atom is 0.111 e. The summed E-state index contributed by atoms with van der Waals surface area (Å²) in [5.74, 6) is 0.667. The van der Waals surface area contributed by atoms with E-state index in [-0.39, 0.29) is 6.61 Å². The molecule has 0 spiro atoms. The highest BCUT2D eigenvalue weighted by atomic mass is 16.3. The monoisotopic (exact) mass is 253 g/mol. The lowest BCUT2D eigenvalue weighted by Gasteiger charge is -2.09. The van der Waals surface area contributed by atoms with Crippen molar-refractivity contribution in [2.75, 3.05) is 0 Å². The topological polar surface area (TPSA) is 50.9 Å². The molecule has 1 heterocycles. The molecule has 1 aromatic heterocycles. The largest absolute Gasteiger partial charge is 0.390 e. The SMILES string of the molecule is CCCCCCn1nnc(CO)c1CCC(C)C. The van der Waals surface area contributed by atoms with E-state index in [1.807, 2.05) is 4.68 Å². The Kier molecular flexibility index (Phi) is 6.94. The maximum atomic E-state index is 9.29. The van der Waals surface area contributed by atoms with Crippen molar-refractivity contribution in [3.8, 4) is 0 Å². The van der Waals surface area contributed by atoms with Crippen LogP contribution in [-0.2, 0) is 19.6 Å². The standard InChI is InChI=1S/C14H27N3O/c1-4-5-6-7-10-17-14(9-8-12(2)3)13(11-18)15-16-17/h12,18H,4-11H2,1-3H3. The molecule has 0 fully saturated rings. The van der Waals surface area contributed by atoms with Crippen LogP contribution in [-0.4, -0.2) is 20.1 Å². The number of aliphatic hydroxyl groups excluding tert-OH is 1. The highest BCUT2D eigenvalue weighted by Crippen LogP contribution is 2.13. The molecule has 104 valence electrons. The molecule has 0 amide bonds. The molecule has 1 rings (SSSR count). The molecule has 0 aliphatic rings. The Morgan fingerprint density at radius 2 is 2.00 bits per heavy atom. The fourth-order valence-electron chi connectivity index (χ4n) is 2.06. The molecular weight excluding hydrogens is 226 g/mol. The van der Waals surface area contributed by atoms with Gasteiger partial charge in [0.1, 0.15) is 5.69 Å². The molecule has 0 atom stereocenters. The lowest BCUT2D eigenvalue weighted by atomic mass is 10.1. The van der Waals surface area contributed by atoms with E-state index in [1.165, 1.54) is 19.3 Å². The summed E-state index contributed by atoms with van der Waals surface area (Å²) < 4.78 is 1.99. The third kappa shape index (κ3) is 4.77. The van der Waals surface area contributed by atoms with E-state index in [4.69, 9.17) is 0 Å². The zero-order valence-electron chi connectivity index (χ0n) is 12.0. The number of aliphatic hydroxyl groups is 1. The Morgan fingerprint density at radius 1 is 1.22 bits per heavy atom. The second-order valence-corrected chi connectivity index (χ2v) is 5.36. The highest BCUT2D eigenvalue weighted by molar-refractivity contribution is 5.09. The zero-order valence-corrected chi connectivity index (χ0v) is 12.0. The predicted molar refractivity (Wildman–Crippen MR) is 73.2 cm³/mol. The maximum absolute atomic E-state index is 9.29. The van der Waals surface area contributed by atoms with Crippen LogP contribution in [0.2, 0.25) is 0 Å². The first-order valence-electron chi connectivity index (χ1n) is 7.21. The second-order valence-electron chi connectivity index (χ2n) is 5.36. The minimum Gasteiger partial charge on any atom is -0.390 e. The molecular formula is C14H27N3O. The van der Waals surface area contributed by atoms with Crippen LogP contribution in [0.5, 0.6) is 0 Å². The van der Waals surface area contributed by atoms with E-state index in [2.05, 4.69) is 31.1 Å². The molecule has 0 unspecified atom stereocenters. The Labute approximate surface area is 110 Å². The summed E-state index contributed by atoms with van der Waals surface area (Å²) in [6.45, 7) is 7.58. The van der Waals surface area contributed by atoms with Crippen molar-refractivity contribution in [3.05, 3.63) is 11.4 Å². The average Bonchev–Trinajstić information content (AvgIpc) is 2.74. The molecule has 1 N–H and O–H groups in total. The Morgan fingerprint density at radius 3 is 2.61 bits per heavy atom. The van der Waals surface area contributed by atoms with E-state index in [1.54, 1.807) is 0 Å². The second kappa shape index (κ2) is 8.25. The summed E-state index contributed by atoms with van der Waals surface area (Å²) in [5.41, 5.74) is 1.88. The first kappa shape index (κ1) is 15.2. The average molecular weight is 253 g/mol. The van der Waals surface area contributed by atoms with Gasteiger partial charge >= 0.3 is 0 Å². The van der Waals surface area contributed by atoms with Crippen molar-refractivity contribution >= 4 is 0 Å². The first-order chi connectivity index (χ1) is 8.69. The summed E-state index contributed by atoms with van der Waals surface area (Å²) in [6, 6.07) is 0. The van der Waals surface area contributed by atoms with Gasteiger partial charge in [0.05, 0.1) is 12.3 Å². The molecule has 0 saturated heterocycles. The van der Waals surface area contributed by atoms with Gasteiger partial charge in [-0.05, 0) is 25.2 Å². The summed E-state index contributed by atoms with van der Waals surface area (Å²) in [7, 11) is 0. The molecule has 0 aliphatic heterocycles. The molecule has 0 saturated carbocycles. The zero-order chi connectivity index (χ0) is 13.4. The van der Waals surface area contributed by atoms with Crippen LogP contribution in [0.1, 0.15) is 64.3 Å². The Hall–Kier alpha value is -0.900. The van der Waals surface area contributed by atoms with E-state index >= 15 is 0 Å². The lowest BCUT2D eigenvalue weighted by Crippen LogP contribution is -2.08. The Balaban J connectivity index is 2.56. The highest BCUT2D eigenvalue weighted by Gasteiger charge is 2.12.